The summed E-state index contributed by atoms with van der Waals surface area (Å²) < 4.78 is 0. The molecular weight excluding hydrogens is 292 g/mol. The first-order valence-corrected chi connectivity index (χ1v) is 9.31. The first-order chi connectivity index (χ1) is 10.4. The molecule has 0 radical (unpaired) electrons. The Morgan fingerprint density at radius 2 is 1.86 bits per heavy atom. The van der Waals surface area contributed by atoms with Gasteiger partial charge in [0.15, 0.2) is 0 Å². The molecule has 1 aromatic heterocycles. The van der Waals surface area contributed by atoms with Crippen molar-refractivity contribution in [3.63, 3.8) is 0 Å². The second-order valence-corrected chi connectivity index (χ2v) is 8.40. The molecule has 0 aliphatic heterocycles. The van der Waals surface area contributed by atoms with Crippen LogP contribution in [0.4, 0.5) is 0 Å². The zero-order chi connectivity index (χ0) is 16.3. The molecule has 0 bridgehead atoms. The van der Waals surface area contributed by atoms with Gasteiger partial charge in [-0.15, -0.1) is 11.3 Å². The molecule has 0 saturated heterocycles. The molecule has 1 heterocycles. The summed E-state index contributed by atoms with van der Waals surface area (Å²) in [5, 5.41) is 6.66. The van der Waals surface area contributed by atoms with E-state index in [1.807, 2.05) is 18.3 Å². The fourth-order valence-corrected chi connectivity index (χ4v) is 4.37. The SMILES string of the molecule is Cc1cc(C(C)NC(C)C(=O)NC2CCC(C)CC2)c(C)s1. The van der Waals surface area contributed by atoms with Gasteiger partial charge in [-0.3, -0.25) is 10.1 Å². The van der Waals surface area contributed by atoms with Crippen LogP contribution in [-0.4, -0.2) is 18.0 Å². The highest BCUT2D eigenvalue weighted by atomic mass is 32.1. The first kappa shape index (κ1) is 17.5. The van der Waals surface area contributed by atoms with E-state index in [-0.39, 0.29) is 18.0 Å². The van der Waals surface area contributed by atoms with Gasteiger partial charge in [0, 0.05) is 21.8 Å². The molecule has 0 aromatic carbocycles. The Labute approximate surface area is 138 Å². The first-order valence-electron chi connectivity index (χ1n) is 8.50. The van der Waals surface area contributed by atoms with Crippen LogP contribution < -0.4 is 10.6 Å². The van der Waals surface area contributed by atoms with E-state index in [4.69, 9.17) is 0 Å². The zero-order valence-corrected chi connectivity index (χ0v) is 15.3. The normalized spacial score (nSPS) is 24.8. The highest BCUT2D eigenvalue weighted by Crippen LogP contribution is 2.26. The lowest BCUT2D eigenvalue weighted by molar-refractivity contribution is -0.123. The molecule has 1 amide bonds. The number of nitrogens with one attached hydrogen (secondary N) is 2. The van der Waals surface area contributed by atoms with E-state index < -0.39 is 0 Å². The lowest BCUT2D eigenvalue weighted by atomic mass is 9.87. The Kier molecular flexibility index (Phi) is 6.04. The van der Waals surface area contributed by atoms with Crippen molar-refractivity contribution in [2.75, 3.05) is 0 Å². The number of rotatable bonds is 5. The summed E-state index contributed by atoms with van der Waals surface area (Å²) in [6.45, 7) is 10.7. The summed E-state index contributed by atoms with van der Waals surface area (Å²) in [6.07, 6.45) is 4.71. The van der Waals surface area contributed by atoms with E-state index in [0.29, 0.717) is 6.04 Å². The molecule has 2 atom stereocenters. The lowest BCUT2D eigenvalue weighted by Gasteiger charge is -2.28. The maximum Gasteiger partial charge on any atom is 0.237 e. The highest BCUT2D eigenvalue weighted by Gasteiger charge is 2.23. The highest BCUT2D eigenvalue weighted by molar-refractivity contribution is 7.12. The number of carbonyl (C=O) groups is 1. The van der Waals surface area contributed by atoms with Crippen molar-refractivity contribution in [3.8, 4) is 0 Å². The molecule has 2 N–H and O–H groups in total. The Bertz CT molecular complexity index is 503. The van der Waals surface area contributed by atoms with E-state index in [1.54, 1.807) is 0 Å². The molecule has 4 heteroatoms. The number of hydrogen-bond donors (Lipinski definition) is 2. The Morgan fingerprint density at radius 3 is 2.41 bits per heavy atom. The Morgan fingerprint density at radius 1 is 1.23 bits per heavy atom. The van der Waals surface area contributed by atoms with Gasteiger partial charge in [-0.1, -0.05) is 6.92 Å². The molecule has 1 aromatic rings. The molecular formula is C18H30N2OS. The van der Waals surface area contributed by atoms with Gasteiger partial charge >= 0.3 is 0 Å². The van der Waals surface area contributed by atoms with Crippen LogP contribution in [-0.2, 0) is 4.79 Å². The van der Waals surface area contributed by atoms with Crippen molar-refractivity contribution in [2.24, 2.45) is 5.92 Å². The van der Waals surface area contributed by atoms with E-state index in [9.17, 15) is 4.79 Å². The monoisotopic (exact) mass is 322 g/mol. The smallest absolute Gasteiger partial charge is 0.237 e. The summed E-state index contributed by atoms with van der Waals surface area (Å²) in [7, 11) is 0. The minimum atomic E-state index is -0.158. The number of aryl methyl sites for hydroxylation is 2. The number of carbonyl (C=O) groups excluding carboxylic acids is 1. The third kappa shape index (κ3) is 4.56. The van der Waals surface area contributed by atoms with E-state index >= 15 is 0 Å². The van der Waals surface area contributed by atoms with Crippen molar-refractivity contribution in [3.05, 3.63) is 21.4 Å². The van der Waals surface area contributed by atoms with Crippen molar-refractivity contribution in [2.45, 2.75) is 78.4 Å². The van der Waals surface area contributed by atoms with Crippen LogP contribution >= 0.6 is 11.3 Å². The summed E-state index contributed by atoms with van der Waals surface area (Å²) in [6, 6.07) is 2.64. The van der Waals surface area contributed by atoms with Crippen molar-refractivity contribution in [1.29, 1.82) is 0 Å². The fourth-order valence-electron chi connectivity index (χ4n) is 3.35. The molecule has 1 aliphatic rings. The quantitative estimate of drug-likeness (QED) is 0.857. The lowest BCUT2D eigenvalue weighted by Crippen LogP contribution is -2.47. The summed E-state index contributed by atoms with van der Waals surface area (Å²) >= 11 is 1.82. The predicted octanol–water partition coefficient (Wildman–Crippen LogP) is 4.10. The molecule has 22 heavy (non-hydrogen) atoms. The van der Waals surface area contributed by atoms with Gasteiger partial charge in [0.1, 0.15) is 0 Å². The van der Waals surface area contributed by atoms with Crippen LogP contribution in [0.15, 0.2) is 6.07 Å². The second-order valence-electron chi connectivity index (χ2n) is 6.94. The van der Waals surface area contributed by atoms with Gasteiger partial charge in [-0.25, -0.2) is 0 Å². The van der Waals surface area contributed by atoms with Gasteiger partial charge in [0.2, 0.25) is 5.91 Å². The summed E-state index contributed by atoms with van der Waals surface area (Å²) in [4.78, 5) is 15.0. The standard InChI is InChI=1S/C18H30N2OS/c1-11-6-8-16(9-7-11)20-18(21)14(4)19-13(3)17-10-12(2)22-15(17)5/h10-11,13-14,16,19H,6-9H2,1-5H3,(H,20,21). The maximum absolute atomic E-state index is 12.4. The molecule has 1 fully saturated rings. The Balaban J connectivity index is 1.84. The van der Waals surface area contributed by atoms with Gasteiger partial charge in [0.25, 0.3) is 0 Å². The van der Waals surface area contributed by atoms with E-state index in [2.05, 4.69) is 44.4 Å². The topological polar surface area (TPSA) is 41.1 Å². The number of amides is 1. The van der Waals surface area contributed by atoms with Gasteiger partial charge in [-0.2, -0.15) is 0 Å². The van der Waals surface area contributed by atoms with Crippen LogP contribution in [0.2, 0.25) is 0 Å². The van der Waals surface area contributed by atoms with Crippen LogP contribution in [0.3, 0.4) is 0 Å². The van der Waals surface area contributed by atoms with Crippen molar-refractivity contribution >= 4 is 17.2 Å². The van der Waals surface area contributed by atoms with Gasteiger partial charge < -0.3 is 5.32 Å². The zero-order valence-electron chi connectivity index (χ0n) is 14.5. The molecule has 0 spiro atoms. The minimum absolute atomic E-state index is 0.135. The predicted molar refractivity (Wildman–Crippen MR) is 94.4 cm³/mol. The average molecular weight is 323 g/mol. The molecule has 2 unspecified atom stereocenters. The van der Waals surface area contributed by atoms with Crippen LogP contribution in [0.1, 0.15) is 67.8 Å². The molecule has 124 valence electrons. The molecule has 1 aliphatic carbocycles. The molecule has 1 saturated carbocycles. The maximum atomic E-state index is 12.4. The molecule has 3 nitrogen and oxygen atoms in total. The number of hydrogen-bond acceptors (Lipinski definition) is 3. The number of thiophene rings is 1. The third-order valence-corrected chi connectivity index (χ3v) is 5.78. The van der Waals surface area contributed by atoms with Crippen molar-refractivity contribution in [1.82, 2.24) is 10.6 Å². The van der Waals surface area contributed by atoms with Gasteiger partial charge in [0.05, 0.1) is 6.04 Å². The molecule has 2 rings (SSSR count). The van der Waals surface area contributed by atoms with Crippen LogP contribution in [0, 0.1) is 19.8 Å². The largest absolute Gasteiger partial charge is 0.352 e. The Hall–Kier alpha value is -0.870. The fraction of sp³-hybridized carbons (Fsp3) is 0.722. The minimum Gasteiger partial charge on any atom is -0.352 e. The summed E-state index contributed by atoms with van der Waals surface area (Å²) in [5.41, 5.74) is 1.31. The van der Waals surface area contributed by atoms with Gasteiger partial charge in [-0.05, 0) is 70.9 Å². The second kappa shape index (κ2) is 7.60. The van der Waals surface area contributed by atoms with E-state index in [0.717, 1.165) is 18.8 Å². The van der Waals surface area contributed by atoms with Crippen LogP contribution in [0.5, 0.6) is 0 Å². The van der Waals surface area contributed by atoms with Crippen molar-refractivity contribution < 1.29 is 4.79 Å². The summed E-state index contributed by atoms with van der Waals surface area (Å²) in [5.74, 6) is 0.949. The van der Waals surface area contributed by atoms with Crippen LogP contribution in [0.25, 0.3) is 0 Å². The average Bonchev–Trinajstić information content (AvgIpc) is 2.80. The van der Waals surface area contributed by atoms with E-state index in [1.165, 1.54) is 28.2 Å². The third-order valence-electron chi connectivity index (χ3n) is 4.80.